The quantitative estimate of drug-likeness (QED) is 0.761. The molecule has 0 bridgehead atoms. The summed E-state index contributed by atoms with van der Waals surface area (Å²) >= 11 is 14.0. The van der Waals surface area contributed by atoms with Gasteiger partial charge in [0, 0.05) is 16.8 Å². The average molecular weight is 395 g/mol. The van der Waals surface area contributed by atoms with Crippen LogP contribution in [0.25, 0.3) is 0 Å². The predicted octanol–water partition coefficient (Wildman–Crippen LogP) is 4.19. The van der Waals surface area contributed by atoms with Crippen molar-refractivity contribution in [3.8, 4) is 0 Å². The van der Waals surface area contributed by atoms with Crippen molar-refractivity contribution in [2.24, 2.45) is 7.05 Å². The number of hydrogen-bond acceptors (Lipinski definition) is 1. The Kier molecular flexibility index (Phi) is 4.19. The van der Waals surface area contributed by atoms with Gasteiger partial charge in [0.1, 0.15) is 5.69 Å². The second kappa shape index (κ2) is 5.50. The molecule has 1 aromatic carbocycles. The molecule has 2 rings (SSSR count). The van der Waals surface area contributed by atoms with Crippen LogP contribution in [0.3, 0.4) is 0 Å². The topological polar surface area (TPSA) is 34.0 Å². The summed E-state index contributed by atoms with van der Waals surface area (Å²) in [5.41, 5.74) is 1.07. The summed E-state index contributed by atoms with van der Waals surface area (Å²) in [5, 5.41) is 3.79. The van der Waals surface area contributed by atoms with Crippen molar-refractivity contribution in [3.63, 3.8) is 0 Å². The number of carbonyl (C=O) groups excluding carboxylic acids is 1. The van der Waals surface area contributed by atoms with Gasteiger partial charge in [0.05, 0.1) is 15.7 Å². The van der Waals surface area contributed by atoms with E-state index in [1.807, 2.05) is 12.1 Å². The highest BCUT2D eigenvalue weighted by Crippen LogP contribution is 2.24. The van der Waals surface area contributed by atoms with Crippen molar-refractivity contribution in [3.05, 3.63) is 49.8 Å². The van der Waals surface area contributed by atoms with Gasteiger partial charge in [0.2, 0.25) is 0 Å². The van der Waals surface area contributed by atoms with Gasteiger partial charge in [-0.3, -0.25) is 4.79 Å². The van der Waals surface area contributed by atoms with Crippen LogP contribution in [0, 0.1) is 3.57 Å². The molecule has 2 aromatic rings. The summed E-state index contributed by atoms with van der Waals surface area (Å²) < 4.78 is 2.66. The lowest BCUT2D eigenvalue weighted by Gasteiger charge is -2.08. The Morgan fingerprint density at radius 2 is 2.06 bits per heavy atom. The molecule has 94 valence electrons. The first-order chi connectivity index (χ1) is 8.47. The smallest absolute Gasteiger partial charge is 0.272 e. The lowest BCUT2D eigenvalue weighted by molar-refractivity contribution is 0.101. The highest BCUT2D eigenvalue weighted by Gasteiger charge is 2.13. The van der Waals surface area contributed by atoms with Crippen molar-refractivity contribution in [2.75, 3.05) is 5.32 Å². The van der Waals surface area contributed by atoms with Crippen LogP contribution in [-0.4, -0.2) is 10.5 Å². The molecule has 1 aromatic heterocycles. The Morgan fingerprint density at radius 1 is 1.33 bits per heavy atom. The molecule has 1 amide bonds. The standard InChI is InChI=1S/C12H9Cl2IN2O/c1-17-6-7(13)4-11(17)12(18)16-10-5-8(15)2-3-9(10)14/h2-6H,1H3,(H,16,18). The van der Waals surface area contributed by atoms with Gasteiger partial charge in [0.15, 0.2) is 0 Å². The molecule has 0 aliphatic heterocycles. The number of carbonyl (C=O) groups is 1. The van der Waals surface area contributed by atoms with Crippen LogP contribution in [0.4, 0.5) is 5.69 Å². The summed E-state index contributed by atoms with van der Waals surface area (Å²) in [6, 6.07) is 7.04. The molecule has 0 fully saturated rings. The van der Waals surface area contributed by atoms with Crippen LogP contribution in [0.5, 0.6) is 0 Å². The van der Waals surface area contributed by atoms with E-state index in [2.05, 4.69) is 27.9 Å². The zero-order chi connectivity index (χ0) is 13.3. The fourth-order valence-corrected chi connectivity index (χ4v) is 2.44. The monoisotopic (exact) mass is 394 g/mol. The van der Waals surface area contributed by atoms with Crippen LogP contribution in [0.15, 0.2) is 30.5 Å². The molecule has 0 aliphatic carbocycles. The van der Waals surface area contributed by atoms with Crippen molar-refractivity contribution < 1.29 is 4.79 Å². The second-order valence-electron chi connectivity index (χ2n) is 3.73. The third-order valence-electron chi connectivity index (χ3n) is 2.38. The first-order valence-electron chi connectivity index (χ1n) is 5.05. The molecule has 18 heavy (non-hydrogen) atoms. The Hall–Kier alpha value is -0.720. The maximum atomic E-state index is 12.1. The van der Waals surface area contributed by atoms with E-state index in [4.69, 9.17) is 23.2 Å². The van der Waals surface area contributed by atoms with Gasteiger partial charge < -0.3 is 9.88 Å². The lowest BCUT2D eigenvalue weighted by Crippen LogP contribution is -2.15. The van der Waals surface area contributed by atoms with Crippen LogP contribution < -0.4 is 5.32 Å². The predicted molar refractivity (Wildman–Crippen MR) is 82.5 cm³/mol. The first-order valence-corrected chi connectivity index (χ1v) is 6.89. The van der Waals surface area contributed by atoms with E-state index < -0.39 is 0 Å². The van der Waals surface area contributed by atoms with Gasteiger partial charge in [-0.15, -0.1) is 0 Å². The normalized spacial score (nSPS) is 10.4. The average Bonchev–Trinajstić information content (AvgIpc) is 2.63. The van der Waals surface area contributed by atoms with Crippen LogP contribution >= 0.6 is 45.8 Å². The summed E-state index contributed by atoms with van der Waals surface area (Å²) in [6.45, 7) is 0. The van der Waals surface area contributed by atoms with Gasteiger partial charge in [-0.25, -0.2) is 0 Å². The number of aromatic nitrogens is 1. The summed E-state index contributed by atoms with van der Waals surface area (Å²) in [4.78, 5) is 12.1. The number of halogens is 3. The van der Waals surface area contributed by atoms with E-state index >= 15 is 0 Å². The Balaban J connectivity index is 2.26. The van der Waals surface area contributed by atoms with Crippen LogP contribution in [0.1, 0.15) is 10.5 Å². The number of aryl methyl sites for hydroxylation is 1. The largest absolute Gasteiger partial charge is 0.345 e. The first kappa shape index (κ1) is 13.7. The number of benzene rings is 1. The van der Waals surface area contributed by atoms with Crippen molar-refractivity contribution in [1.82, 2.24) is 4.57 Å². The zero-order valence-electron chi connectivity index (χ0n) is 9.38. The number of hydrogen-bond donors (Lipinski definition) is 1. The maximum absolute atomic E-state index is 12.1. The van der Waals surface area contributed by atoms with Gasteiger partial charge in [-0.2, -0.15) is 0 Å². The zero-order valence-corrected chi connectivity index (χ0v) is 13.0. The minimum Gasteiger partial charge on any atom is -0.345 e. The van der Waals surface area contributed by atoms with Crippen molar-refractivity contribution in [1.29, 1.82) is 0 Å². The SMILES string of the molecule is Cn1cc(Cl)cc1C(=O)Nc1cc(I)ccc1Cl. The second-order valence-corrected chi connectivity index (χ2v) is 5.82. The fourth-order valence-electron chi connectivity index (χ4n) is 1.53. The van der Waals surface area contributed by atoms with Gasteiger partial charge in [-0.1, -0.05) is 23.2 Å². The van der Waals surface area contributed by atoms with Gasteiger partial charge in [-0.05, 0) is 46.9 Å². The molecule has 0 saturated heterocycles. The summed E-state index contributed by atoms with van der Waals surface area (Å²) in [6.07, 6.45) is 1.67. The van der Waals surface area contributed by atoms with Crippen molar-refractivity contribution >= 4 is 57.4 Å². The molecule has 0 atom stereocenters. The highest BCUT2D eigenvalue weighted by molar-refractivity contribution is 14.1. The molecule has 0 radical (unpaired) electrons. The van der Waals surface area contributed by atoms with Crippen molar-refractivity contribution in [2.45, 2.75) is 0 Å². The van der Waals surface area contributed by atoms with E-state index in [-0.39, 0.29) is 5.91 Å². The van der Waals surface area contributed by atoms with Crippen LogP contribution in [0.2, 0.25) is 10.0 Å². The Bertz CT molecular complexity index is 610. The number of anilines is 1. The molecular formula is C12H9Cl2IN2O. The highest BCUT2D eigenvalue weighted by atomic mass is 127. The molecule has 0 aliphatic rings. The molecular weight excluding hydrogens is 386 g/mol. The summed E-state index contributed by atoms with van der Waals surface area (Å²) in [5.74, 6) is -0.242. The van der Waals surface area contributed by atoms with Gasteiger partial charge >= 0.3 is 0 Å². The van der Waals surface area contributed by atoms with E-state index in [0.29, 0.717) is 21.4 Å². The Labute approximate surface area is 128 Å². The molecule has 0 spiro atoms. The van der Waals surface area contributed by atoms with E-state index in [1.54, 1.807) is 29.9 Å². The molecule has 1 heterocycles. The number of rotatable bonds is 2. The molecule has 3 nitrogen and oxygen atoms in total. The van der Waals surface area contributed by atoms with E-state index in [0.717, 1.165) is 3.57 Å². The fraction of sp³-hybridized carbons (Fsp3) is 0.0833. The molecule has 0 saturated carbocycles. The third-order valence-corrected chi connectivity index (χ3v) is 3.59. The van der Waals surface area contributed by atoms with Gasteiger partial charge in [0.25, 0.3) is 5.91 Å². The van der Waals surface area contributed by atoms with E-state index in [9.17, 15) is 4.79 Å². The van der Waals surface area contributed by atoms with Crippen LogP contribution in [-0.2, 0) is 7.05 Å². The molecule has 0 unspecified atom stereocenters. The van der Waals surface area contributed by atoms with E-state index in [1.165, 1.54) is 0 Å². The number of nitrogens with one attached hydrogen (secondary N) is 1. The third kappa shape index (κ3) is 2.99. The summed E-state index contributed by atoms with van der Waals surface area (Å²) in [7, 11) is 1.76. The minimum atomic E-state index is -0.242. The number of nitrogens with zero attached hydrogens (tertiary/aromatic N) is 1. The number of amides is 1. The molecule has 1 N–H and O–H groups in total. The molecule has 6 heteroatoms. The lowest BCUT2D eigenvalue weighted by atomic mass is 10.3. The maximum Gasteiger partial charge on any atom is 0.272 e. The minimum absolute atomic E-state index is 0.242. The Morgan fingerprint density at radius 3 is 2.67 bits per heavy atom.